The molecule has 1 saturated heterocycles. The number of nitrogens with zero attached hydrogens (tertiary/aromatic N) is 1. The van der Waals surface area contributed by atoms with E-state index in [1.54, 1.807) is 42.5 Å². The van der Waals surface area contributed by atoms with Crippen molar-refractivity contribution in [2.45, 2.75) is 6.92 Å². The Morgan fingerprint density at radius 3 is 2.55 bits per heavy atom. The minimum Gasteiger partial charge on any atom is -0.496 e. The van der Waals surface area contributed by atoms with Crippen LogP contribution in [0, 0.1) is 0 Å². The van der Waals surface area contributed by atoms with E-state index in [-0.39, 0.29) is 11.4 Å². The first-order valence-corrected chi connectivity index (χ1v) is 9.74. The summed E-state index contributed by atoms with van der Waals surface area (Å²) in [4.78, 5) is 38.3. The second kappa shape index (κ2) is 9.29. The number of hydrogen-bond acceptors (Lipinski definition) is 6. The molecule has 0 aromatic heterocycles. The van der Waals surface area contributed by atoms with Gasteiger partial charge in [-0.1, -0.05) is 18.2 Å². The molecule has 0 spiro atoms. The number of carbonyl (C=O) groups is 3. The topological polar surface area (TPSA) is 84.9 Å². The Hall–Kier alpha value is -3.26. The third-order valence-electron chi connectivity index (χ3n) is 4.05. The summed E-state index contributed by atoms with van der Waals surface area (Å²) < 4.78 is 10.6. The van der Waals surface area contributed by atoms with Gasteiger partial charge in [-0.25, -0.2) is 0 Å². The van der Waals surface area contributed by atoms with Crippen molar-refractivity contribution in [1.82, 2.24) is 4.90 Å². The number of para-hydroxylation sites is 1. The van der Waals surface area contributed by atoms with Crippen molar-refractivity contribution in [1.29, 1.82) is 0 Å². The summed E-state index contributed by atoms with van der Waals surface area (Å²) in [6.07, 6.45) is 1.59. The number of hydrogen-bond donors (Lipinski definition) is 1. The molecule has 1 aliphatic heterocycles. The smallest absolute Gasteiger partial charge is 0.294 e. The summed E-state index contributed by atoms with van der Waals surface area (Å²) in [5, 5.41) is 2.18. The Balaban J connectivity index is 1.66. The number of carbonyl (C=O) groups excluding carboxylic acids is 3. The summed E-state index contributed by atoms with van der Waals surface area (Å²) in [6.45, 7) is 2.07. The lowest BCUT2D eigenvalue weighted by molar-refractivity contribution is -0.127. The molecule has 0 saturated carbocycles. The van der Waals surface area contributed by atoms with Gasteiger partial charge in [0.05, 0.1) is 18.6 Å². The van der Waals surface area contributed by atoms with Crippen molar-refractivity contribution in [3.8, 4) is 11.5 Å². The Labute approximate surface area is 172 Å². The van der Waals surface area contributed by atoms with E-state index in [2.05, 4.69) is 5.32 Å². The van der Waals surface area contributed by atoms with E-state index in [0.717, 1.165) is 16.7 Å². The highest BCUT2D eigenvalue weighted by molar-refractivity contribution is 8.18. The van der Waals surface area contributed by atoms with E-state index in [4.69, 9.17) is 9.47 Å². The molecular weight excluding hydrogens is 392 g/mol. The molecule has 0 unspecified atom stereocenters. The minimum atomic E-state index is -0.507. The van der Waals surface area contributed by atoms with Gasteiger partial charge >= 0.3 is 0 Å². The van der Waals surface area contributed by atoms with Gasteiger partial charge < -0.3 is 14.8 Å². The van der Waals surface area contributed by atoms with Gasteiger partial charge in [0, 0.05) is 11.3 Å². The number of methoxy groups -OCH3 is 1. The molecule has 2 aromatic carbocycles. The first-order valence-electron chi connectivity index (χ1n) is 8.93. The molecular formula is C21H20N2O5S. The molecule has 7 nitrogen and oxygen atoms in total. The fourth-order valence-electron chi connectivity index (χ4n) is 2.71. The molecule has 1 fully saturated rings. The van der Waals surface area contributed by atoms with Crippen LogP contribution in [0.4, 0.5) is 10.5 Å². The van der Waals surface area contributed by atoms with Gasteiger partial charge in [0.25, 0.3) is 11.1 Å². The van der Waals surface area contributed by atoms with Crippen LogP contribution in [-0.4, -0.2) is 42.2 Å². The maximum absolute atomic E-state index is 12.6. The molecule has 0 radical (unpaired) electrons. The maximum atomic E-state index is 12.6. The molecule has 150 valence electrons. The molecule has 8 heteroatoms. The van der Waals surface area contributed by atoms with Crippen LogP contribution in [0.25, 0.3) is 6.08 Å². The Kier molecular flexibility index (Phi) is 6.56. The molecule has 1 aliphatic rings. The van der Waals surface area contributed by atoms with E-state index in [1.807, 2.05) is 19.1 Å². The number of ether oxygens (including phenoxy) is 2. The third-order valence-corrected chi connectivity index (χ3v) is 4.96. The predicted molar refractivity (Wildman–Crippen MR) is 112 cm³/mol. The summed E-state index contributed by atoms with van der Waals surface area (Å²) in [7, 11) is 1.53. The predicted octanol–water partition coefficient (Wildman–Crippen LogP) is 3.77. The van der Waals surface area contributed by atoms with Gasteiger partial charge in [0.15, 0.2) is 0 Å². The van der Waals surface area contributed by atoms with Gasteiger partial charge in [-0.15, -0.1) is 0 Å². The number of nitrogens with one attached hydrogen (secondary N) is 1. The molecule has 0 aliphatic carbocycles. The van der Waals surface area contributed by atoms with E-state index < -0.39 is 17.1 Å². The molecule has 0 atom stereocenters. The van der Waals surface area contributed by atoms with Gasteiger partial charge in [-0.05, 0) is 55.1 Å². The highest BCUT2D eigenvalue weighted by atomic mass is 32.2. The lowest BCUT2D eigenvalue weighted by Crippen LogP contribution is -2.36. The number of thioether (sulfide) groups is 1. The highest BCUT2D eigenvalue weighted by Crippen LogP contribution is 2.33. The van der Waals surface area contributed by atoms with Gasteiger partial charge in [0.1, 0.15) is 18.0 Å². The van der Waals surface area contributed by atoms with Crippen molar-refractivity contribution >= 4 is 40.6 Å². The second-order valence-electron chi connectivity index (χ2n) is 6.02. The number of imide groups is 1. The first-order chi connectivity index (χ1) is 14.0. The van der Waals surface area contributed by atoms with Crippen molar-refractivity contribution in [2.24, 2.45) is 0 Å². The van der Waals surface area contributed by atoms with Crippen LogP contribution in [0.5, 0.6) is 11.5 Å². The average Bonchev–Trinajstić information content (AvgIpc) is 2.97. The zero-order valence-electron chi connectivity index (χ0n) is 16.0. The molecule has 2 aromatic rings. The van der Waals surface area contributed by atoms with E-state index in [1.165, 1.54) is 7.11 Å². The highest BCUT2D eigenvalue weighted by Gasteiger charge is 2.36. The van der Waals surface area contributed by atoms with Crippen LogP contribution in [0.1, 0.15) is 12.5 Å². The fourth-order valence-corrected chi connectivity index (χ4v) is 3.54. The largest absolute Gasteiger partial charge is 0.496 e. The quantitative estimate of drug-likeness (QED) is 0.697. The number of benzene rings is 2. The molecule has 1 N–H and O–H groups in total. The van der Waals surface area contributed by atoms with Crippen molar-refractivity contribution < 1.29 is 23.9 Å². The van der Waals surface area contributed by atoms with E-state index in [9.17, 15) is 14.4 Å². The van der Waals surface area contributed by atoms with Crippen molar-refractivity contribution in [3.63, 3.8) is 0 Å². The van der Waals surface area contributed by atoms with Crippen LogP contribution < -0.4 is 14.8 Å². The van der Waals surface area contributed by atoms with Crippen LogP contribution in [0.15, 0.2) is 53.4 Å². The Morgan fingerprint density at radius 1 is 1.14 bits per heavy atom. The van der Waals surface area contributed by atoms with Gasteiger partial charge in [-0.3, -0.25) is 19.3 Å². The monoisotopic (exact) mass is 412 g/mol. The van der Waals surface area contributed by atoms with E-state index >= 15 is 0 Å². The standard InChI is InChI=1S/C21H20N2O5S/c1-3-28-16-10-8-15(9-11-16)22-19(24)13-23-20(25)18(29-21(23)26)12-14-6-4-5-7-17(14)27-2/h4-12H,3,13H2,1-2H3,(H,22,24)/b18-12+. The van der Waals surface area contributed by atoms with Gasteiger partial charge in [-0.2, -0.15) is 0 Å². The normalized spacial score (nSPS) is 15.0. The summed E-state index contributed by atoms with van der Waals surface area (Å²) in [6, 6.07) is 14.0. The lowest BCUT2D eigenvalue weighted by atomic mass is 10.2. The minimum absolute atomic E-state index is 0.244. The number of rotatable bonds is 7. The fraction of sp³-hybridized carbons (Fsp3) is 0.190. The van der Waals surface area contributed by atoms with Crippen LogP contribution in [-0.2, 0) is 9.59 Å². The molecule has 3 rings (SSSR count). The summed E-state index contributed by atoms with van der Waals surface area (Å²) in [5.41, 5.74) is 1.23. The van der Waals surface area contributed by atoms with Crippen molar-refractivity contribution in [2.75, 3.05) is 25.6 Å². The number of amides is 3. The van der Waals surface area contributed by atoms with Crippen LogP contribution in [0.3, 0.4) is 0 Å². The number of anilines is 1. The second-order valence-corrected chi connectivity index (χ2v) is 7.01. The molecule has 0 bridgehead atoms. The first kappa shape index (κ1) is 20.5. The van der Waals surface area contributed by atoms with Crippen molar-refractivity contribution in [3.05, 3.63) is 59.0 Å². The third kappa shape index (κ3) is 4.97. The summed E-state index contributed by atoms with van der Waals surface area (Å²) >= 11 is 0.798. The molecule has 3 amide bonds. The molecule has 1 heterocycles. The maximum Gasteiger partial charge on any atom is 0.294 e. The van der Waals surface area contributed by atoms with Crippen LogP contribution >= 0.6 is 11.8 Å². The van der Waals surface area contributed by atoms with Crippen LogP contribution in [0.2, 0.25) is 0 Å². The molecule has 29 heavy (non-hydrogen) atoms. The zero-order chi connectivity index (χ0) is 20.8. The Morgan fingerprint density at radius 2 is 1.86 bits per heavy atom. The zero-order valence-corrected chi connectivity index (χ0v) is 16.8. The van der Waals surface area contributed by atoms with Gasteiger partial charge in [0.2, 0.25) is 5.91 Å². The Bertz CT molecular complexity index is 956. The van der Waals surface area contributed by atoms with E-state index in [0.29, 0.717) is 29.4 Å². The summed E-state index contributed by atoms with van der Waals surface area (Å²) in [5.74, 6) is 0.313. The lowest BCUT2D eigenvalue weighted by Gasteiger charge is -2.13. The average molecular weight is 412 g/mol. The SMILES string of the molecule is CCOc1ccc(NC(=O)CN2C(=O)S/C(=C/c3ccccc3OC)C2=O)cc1.